The van der Waals surface area contributed by atoms with Gasteiger partial charge in [-0.3, -0.25) is 0 Å². The Morgan fingerprint density at radius 1 is 0.786 bits per heavy atom. The van der Waals surface area contributed by atoms with Crippen LogP contribution in [-0.4, -0.2) is 37.7 Å². The first-order valence-corrected chi connectivity index (χ1v) is 13.7. The van der Waals surface area contributed by atoms with E-state index < -0.39 is 13.2 Å². The normalized spacial score (nSPS) is 10.9. The van der Waals surface area contributed by atoms with E-state index in [1.165, 1.54) is 82.7 Å². The van der Waals surface area contributed by atoms with Crippen LogP contribution in [-0.2, 0) is 4.74 Å². The summed E-state index contributed by atoms with van der Waals surface area (Å²) in [6.07, 6.45) is 17.9. The Morgan fingerprint density at radius 3 is 1.43 bits per heavy atom. The minimum absolute atomic E-state index is 0.113. The van der Waals surface area contributed by atoms with E-state index in [1.807, 2.05) is 0 Å². The van der Waals surface area contributed by atoms with Crippen molar-refractivity contribution < 1.29 is 14.6 Å². The van der Waals surface area contributed by atoms with Gasteiger partial charge >= 0.3 is 5.97 Å². The van der Waals surface area contributed by atoms with Crippen molar-refractivity contribution in [1.29, 1.82) is 0 Å². The monoisotopic (exact) mass is 410 g/mol. The Labute approximate surface area is 174 Å². The Hall–Kier alpha value is -1.08. The van der Waals surface area contributed by atoms with Crippen LogP contribution in [0.15, 0.2) is 24.3 Å². The van der Waals surface area contributed by atoms with E-state index in [2.05, 4.69) is 32.4 Å². The SMILES string of the molecule is CCCC[P+](CCCC)(CCCC)CCCC.COC(=O)c1ccc([O-])cc1. The summed E-state index contributed by atoms with van der Waals surface area (Å²) in [5.74, 6) is -0.539. The van der Waals surface area contributed by atoms with Crippen LogP contribution in [0.5, 0.6) is 5.75 Å². The minimum Gasteiger partial charge on any atom is -0.872 e. The Bertz CT molecular complexity index is 462. The summed E-state index contributed by atoms with van der Waals surface area (Å²) in [6.45, 7) is 9.42. The number of carbonyl (C=O) groups is 1. The second kappa shape index (κ2) is 16.8. The number of rotatable bonds is 13. The highest BCUT2D eigenvalue weighted by Gasteiger charge is 2.34. The molecule has 4 heteroatoms. The summed E-state index contributed by atoms with van der Waals surface area (Å²) in [5.41, 5.74) is 0.395. The van der Waals surface area contributed by atoms with E-state index in [1.54, 1.807) is 24.6 Å². The average Bonchev–Trinajstić information content (AvgIpc) is 2.73. The van der Waals surface area contributed by atoms with Crippen LogP contribution in [0.3, 0.4) is 0 Å². The van der Waals surface area contributed by atoms with E-state index in [0.29, 0.717) is 5.56 Å². The van der Waals surface area contributed by atoms with Gasteiger partial charge in [0, 0.05) is 7.26 Å². The maximum absolute atomic E-state index is 10.8. The summed E-state index contributed by atoms with van der Waals surface area (Å²) in [6, 6.07) is 5.53. The lowest BCUT2D eigenvalue weighted by Crippen LogP contribution is -2.12. The number of benzene rings is 1. The minimum atomic E-state index is -0.562. The van der Waals surface area contributed by atoms with Crippen LogP contribution in [0.2, 0.25) is 0 Å². The van der Waals surface area contributed by atoms with Crippen molar-refractivity contribution in [3.63, 3.8) is 0 Å². The molecule has 162 valence electrons. The molecule has 0 atom stereocenters. The second-order valence-corrected chi connectivity index (χ2v) is 12.1. The average molecular weight is 411 g/mol. The van der Waals surface area contributed by atoms with E-state index in [4.69, 9.17) is 0 Å². The van der Waals surface area contributed by atoms with Crippen molar-refractivity contribution >= 4 is 13.2 Å². The fourth-order valence-corrected chi connectivity index (χ4v) is 8.64. The molecule has 0 saturated heterocycles. The zero-order chi connectivity index (χ0) is 21.3. The van der Waals surface area contributed by atoms with Crippen LogP contribution < -0.4 is 5.11 Å². The van der Waals surface area contributed by atoms with Crippen LogP contribution in [0.1, 0.15) is 89.4 Å². The molecule has 0 aliphatic heterocycles. The zero-order valence-corrected chi connectivity index (χ0v) is 19.9. The third-order valence-electron chi connectivity index (χ3n) is 5.22. The van der Waals surface area contributed by atoms with Gasteiger partial charge in [-0.05, 0) is 37.8 Å². The summed E-state index contributed by atoms with van der Waals surface area (Å²) >= 11 is 0. The number of unbranched alkanes of at least 4 members (excludes halogenated alkanes) is 4. The Balaban J connectivity index is 0.000000567. The molecule has 1 aromatic carbocycles. The fourth-order valence-electron chi connectivity index (χ4n) is 3.35. The molecule has 28 heavy (non-hydrogen) atoms. The molecule has 0 radical (unpaired) electrons. The van der Waals surface area contributed by atoms with Gasteiger partial charge in [-0.1, -0.05) is 65.5 Å². The molecule has 0 unspecified atom stereocenters. The first kappa shape index (κ1) is 26.9. The largest absolute Gasteiger partial charge is 0.872 e. The van der Waals surface area contributed by atoms with Crippen LogP contribution in [0.4, 0.5) is 0 Å². The molecule has 1 aromatic rings. The van der Waals surface area contributed by atoms with Gasteiger partial charge in [-0.15, -0.1) is 5.75 Å². The third-order valence-corrected chi connectivity index (χ3v) is 10.3. The van der Waals surface area contributed by atoms with E-state index in [0.717, 1.165) is 0 Å². The molecule has 0 heterocycles. The first-order valence-electron chi connectivity index (χ1n) is 11.2. The third kappa shape index (κ3) is 11.7. The van der Waals surface area contributed by atoms with E-state index in [-0.39, 0.29) is 5.75 Å². The lowest BCUT2D eigenvalue weighted by Gasteiger charge is -2.28. The zero-order valence-electron chi connectivity index (χ0n) is 19.0. The smallest absolute Gasteiger partial charge is 0.337 e. The number of hydrogen-bond donors (Lipinski definition) is 0. The molecule has 0 amide bonds. The summed E-state index contributed by atoms with van der Waals surface area (Å²) in [4.78, 5) is 10.8. The van der Waals surface area contributed by atoms with Crippen LogP contribution in [0, 0.1) is 0 Å². The molecule has 0 saturated carbocycles. The van der Waals surface area contributed by atoms with Gasteiger partial charge < -0.3 is 9.84 Å². The number of carbonyl (C=O) groups excluding carboxylic acids is 1. The van der Waals surface area contributed by atoms with Gasteiger partial charge in [0.05, 0.1) is 37.3 Å². The number of ether oxygens (including phenoxy) is 1. The van der Waals surface area contributed by atoms with Crippen LogP contribution >= 0.6 is 7.26 Å². The molecular weight excluding hydrogens is 367 g/mol. The van der Waals surface area contributed by atoms with Crippen molar-refractivity contribution in [2.24, 2.45) is 0 Å². The van der Waals surface area contributed by atoms with Crippen molar-refractivity contribution in [2.75, 3.05) is 31.8 Å². The lowest BCUT2D eigenvalue weighted by molar-refractivity contribution is -0.268. The number of hydrogen-bond acceptors (Lipinski definition) is 3. The molecule has 0 aromatic heterocycles. The molecule has 0 N–H and O–H groups in total. The van der Waals surface area contributed by atoms with Crippen molar-refractivity contribution in [1.82, 2.24) is 0 Å². The van der Waals surface area contributed by atoms with Crippen LogP contribution in [0.25, 0.3) is 0 Å². The number of esters is 1. The van der Waals surface area contributed by atoms with Crippen molar-refractivity contribution in [3.8, 4) is 5.75 Å². The Morgan fingerprint density at radius 2 is 1.14 bits per heavy atom. The molecule has 1 rings (SSSR count). The molecule has 3 nitrogen and oxygen atoms in total. The molecular formula is C24H43O3P. The highest BCUT2D eigenvalue weighted by molar-refractivity contribution is 7.75. The van der Waals surface area contributed by atoms with E-state index in [9.17, 15) is 9.90 Å². The molecule has 0 aliphatic carbocycles. The van der Waals surface area contributed by atoms with Gasteiger partial charge in [0.25, 0.3) is 0 Å². The summed E-state index contributed by atoms with van der Waals surface area (Å²) in [7, 11) is 0.737. The van der Waals surface area contributed by atoms with Gasteiger partial charge in [0.15, 0.2) is 0 Å². The van der Waals surface area contributed by atoms with Crippen molar-refractivity contribution in [3.05, 3.63) is 29.8 Å². The number of methoxy groups -OCH3 is 1. The topological polar surface area (TPSA) is 49.4 Å². The quantitative estimate of drug-likeness (QED) is 0.267. The maximum atomic E-state index is 10.8. The van der Waals surface area contributed by atoms with Gasteiger partial charge in [-0.25, -0.2) is 4.79 Å². The summed E-state index contributed by atoms with van der Waals surface area (Å²) in [5, 5.41) is 10.6. The van der Waals surface area contributed by atoms with E-state index >= 15 is 0 Å². The van der Waals surface area contributed by atoms with Gasteiger partial charge in [0.1, 0.15) is 0 Å². The fraction of sp³-hybridized carbons (Fsp3) is 0.708. The molecule has 0 aliphatic rings. The Kier molecular flexibility index (Phi) is 16.2. The highest BCUT2D eigenvalue weighted by atomic mass is 31.2. The van der Waals surface area contributed by atoms with Gasteiger partial charge in [0.2, 0.25) is 0 Å². The maximum Gasteiger partial charge on any atom is 0.337 e. The second-order valence-electron chi connectivity index (χ2n) is 7.67. The molecule has 0 fully saturated rings. The summed E-state index contributed by atoms with van der Waals surface area (Å²) < 4.78 is 4.44. The lowest BCUT2D eigenvalue weighted by atomic mass is 10.2. The predicted octanol–water partition coefficient (Wildman–Crippen LogP) is 6.75. The highest BCUT2D eigenvalue weighted by Crippen LogP contribution is 2.61. The van der Waals surface area contributed by atoms with Crippen molar-refractivity contribution in [2.45, 2.75) is 79.1 Å². The molecule has 0 spiro atoms. The predicted molar refractivity (Wildman–Crippen MR) is 123 cm³/mol. The standard InChI is InChI=1S/C16H36P.C8H8O3/c1-5-9-13-17(14-10-6-2,15-11-7-3)16-12-8-4;1-11-8(10)6-2-4-7(9)5-3-6/h5-16H2,1-4H3;2-5,9H,1H3/q+1;/p-1. The van der Waals surface area contributed by atoms with Gasteiger partial charge in [-0.2, -0.15) is 0 Å². The first-order chi connectivity index (χ1) is 13.5. The molecule has 0 bridgehead atoms.